The van der Waals surface area contributed by atoms with Gasteiger partial charge in [-0.2, -0.15) is 0 Å². The van der Waals surface area contributed by atoms with Crippen LogP contribution in [0.15, 0.2) is 12.2 Å². The molecular formula is C7H13BrO. The summed E-state index contributed by atoms with van der Waals surface area (Å²) in [6.45, 7) is 3.82. The molecule has 0 amide bonds. The summed E-state index contributed by atoms with van der Waals surface area (Å²) in [7, 11) is 0. The number of hydrogen-bond donors (Lipinski definition) is 1. The van der Waals surface area contributed by atoms with E-state index in [2.05, 4.69) is 22.5 Å². The van der Waals surface area contributed by atoms with Gasteiger partial charge in [0.1, 0.15) is 0 Å². The zero-order chi connectivity index (χ0) is 7.11. The van der Waals surface area contributed by atoms with Crippen LogP contribution in [0.1, 0.15) is 19.3 Å². The van der Waals surface area contributed by atoms with Gasteiger partial charge in [-0.1, -0.05) is 28.1 Å². The van der Waals surface area contributed by atoms with Gasteiger partial charge in [-0.25, -0.2) is 0 Å². The maximum absolute atomic E-state index is 8.52. The van der Waals surface area contributed by atoms with Crippen molar-refractivity contribution in [2.24, 2.45) is 0 Å². The molecule has 0 unspecified atom stereocenters. The Balaban J connectivity index is 2.97. The second-order valence-corrected chi connectivity index (χ2v) is 2.85. The van der Waals surface area contributed by atoms with E-state index in [0.717, 1.165) is 23.7 Å². The van der Waals surface area contributed by atoms with E-state index in [1.165, 1.54) is 6.42 Å². The van der Waals surface area contributed by atoms with Gasteiger partial charge in [-0.3, -0.25) is 0 Å². The van der Waals surface area contributed by atoms with Crippen LogP contribution in [-0.4, -0.2) is 17.0 Å². The van der Waals surface area contributed by atoms with Gasteiger partial charge >= 0.3 is 0 Å². The molecule has 0 bridgehead atoms. The monoisotopic (exact) mass is 192 g/mol. The molecule has 0 saturated heterocycles. The SMILES string of the molecule is C=C(CO)CCCCBr. The van der Waals surface area contributed by atoms with E-state index in [1.54, 1.807) is 0 Å². The standard InChI is InChI=1S/C7H13BrO/c1-7(6-9)4-2-3-5-8/h9H,1-6H2. The number of aliphatic hydroxyl groups is 1. The molecule has 0 spiro atoms. The van der Waals surface area contributed by atoms with Crippen LogP contribution in [0, 0.1) is 0 Å². The van der Waals surface area contributed by atoms with Gasteiger partial charge in [0, 0.05) is 5.33 Å². The Morgan fingerprint density at radius 2 is 2.11 bits per heavy atom. The van der Waals surface area contributed by atoms with Crippen molar-refractivity contribution in [3.63, 3.8) is 0 Å². The molecule has 0 aliphatic heterocycles. The third-order valence-electron chi connectivity index (χ3n) is 1.14. The molecule has 54 valence electrons. The fourth-order valence-corrected chi connectivity index (χ4v) is 0.945. The molecule has 0 aliphatic rings. The van der Waals surface area contributed by atoms with Gasteiger partial charge in [0.2, 0.25) is 0 Å². The average molecular weight is 193 g/mol. The Hall–Kier alpha value is 0.180. The highest BCUT2D eigenvalue weighted by molar-refractivity contribution is 9.09. The van der Waals surface area contributed by atoms with Gasteiger partial charge in [-0.05, 0) is 19.3 Å². The fourth-order valence-electron chi connectivity index (χ4n) is 0.549. The van der Waals surface area contributed by atoms with Crippen molar-refractivity contribution in [2.45, 2.75) is 19.3 Å². The summed E-state index contributed by atoms with van der Waals surface area (Å²) in [5, 5.41) is 9.57. The third kappa shape index (κ3) is 6.06. The molecule has 0 aromatic heterocycles. The zero-order valence-electron chi connectivity index (χ0n) is 5.57. The van der Waals surface area contributed by atoms with Crippen molar-refractivity contribution in [1.29, 1.82) is 0 Å². The normalized spacial score (nSPS) is 9.56. The lowest BCUT2D eigenvalue weighted by Gasteiger charge is -1.98. The lowest BCUT2D eigenvalue weighted by Crippen LogP contribution is -1.88. The van der Waals surface area contributed by atoms with E-state index in [1.807, 2.05) is 0 Å². The summed E-state index contributed by atoms with van der Waals surface area (Å²) in [6, 6.07) is 0. The van der Waals surface area contributed by atoms with Crippen LogP contribution in [0.3, 0.4) is 0 Å². The number of aliphatic hydroxyl groups excluding tert-OH is 1. The van der Waals surface area contributed by atoms with Crippen LogP contribution in [0.5, 0.6) is 0 Å². The molecule has 0 saturated carbocycles. The molecule has 0 aromatic rings. The largest absolute Gasteiger partial charge is 0.392 e. The molecular weight excluding hydrogens is 180 g/mol. The number of hydrogen-bond acceptors (Lipinski definition) is 1. The lowest BCUT2D eigenvalue weighted by molar-refractivity contribution is 0.326. The number of alkyl halides is 1. The predicted octanol–water partition coefficient (Wildman–Crippen LogP) is 2.10. The Morgan fingerprint density at radius 3 is 2.56 bits per heavy atom. The maximum Gasteiger partial charge on any atom is 0.0639 e. The molecule has 2 heteroatoms. The molecule has 0 atom stereocenters. The summed E-state index contributed by atoms with van der Waals surface area (Å²) in [4.78, 5) is 0. The summed E-state index contributed by atoms with van der Waals surface area (Å²) in [5.74, 6) is 0. The van der Waals surface area contributed by atoms with Crippen molar-refractivity contribution in [3.8, 4) is 0 Å². The minimum Gasteiger partial charge on any atom is -0.392 e. The summed E-state index contributed by atoms with van der Waals surface area (Å²) >= 11 is 3.33. The Bertz CT molecular complexity index is 81.0. The van der Waals surface area contributed by atoms with Crippen LogP contribution in [-0.2, 0) is 0 Å². The van der Waals surface area contributed by atoms with Crippen molar-refractivity contribution in [2.75, 3.05) is 11.9 Å². The zero-order valence-corrected chi connectivity index (χ0v) is 7.15. The topological polar surface area (TPSA) is 20.2 Å². The maximum atomic E-state index is 8.52. The molecule has 0 rings (SSSR count). The van der Waals surface area contributed by atoms with E-state index in [-0.39, 0.29) is 6.61 Å². The van der Waals surface area contributed by atoms with Crippen LogP contribution >= 0.6 is 15.9 Å². The first-order valence-electron chi connectivity index (χ1n) is 3.14. The number of unbranched alkanes of at least 4 members (excludes halogenated alkanes) is 1. The Morgan fingerprint density at radius 1 is 1.44 bits per heavy atom. The molecule has 0 heterocycles. The highest BCUT2D eigenvalue weighted by Crippen LogP contribution is 2.04. The summed E-state index contributed by atoms with van der Waals surface area (Å²) in [5.41, 5.74) is 0.941. The summed E-state index contributed by atoms with van der Waals surface area (Å²) < 4.78 is 0. The van der Waals surface area contributed by atoms with Crippen LogP contribution in [0.25, 0.3) is 0 Å². The van der Waals surface area contributed by atoms with E-state index in [9.17, 15) is 0 Å². The first-order valence-corrected chi connectivity index (χ1v) is 4.27. The second-order valence-electron chi connectivity index (χ2n) is 2.05. The third-order valence-corrected chi connectivity index (χ3v) is 1.70. The molecule has 1 N–H and O–H groups in total. The van der Waals surface area contributed by atoms with Gasteiger partial charge in [0.15, 0.2) is 0 Å². The smallest absolute Gasteiger partial charge is 0.0639 e. The van der Waals surface area contributed by atoms with Crippen LogP contribution in [0.4, 0.5) is 0 Å². The van der Waals surface area contributed by atoms with Crippen molar-refractivity contribution >= 4 is 15.9 Å². The van der Waals surface area contributed by atoms with E-state index < -0.39 is 0 Å². The second kappa shape index (κ2) is 6.30. The molecule has 0 aliphatic carbocycles. The average Bonchev–Trinajstić information content (AvgIpc) is 1.89. The van der Waals surface area contributed by atoms with E-state index >= 15 is 0 Å². The van der Waals surface area contributed by atoms with Crippen molar-refractivity contribution < 1.29 is 5.11 Å². The van der Waals surface area contributed by atoms with Crippen molar-refractivity contribution in [3.05, 3.63) is 12.2 Å². The van der Waals surface area contributed by atoms with Crippen molar-refractivity contribution in [1.82, 2.24) is 0 Å². The molecule has 0 fully saturated rings. The first-order chi connectivity index (χ1) is 4.31. The molecule has 0 aromatic carbocycles. The van der Waals surface area contributed by atoms with Gasteiger partial charge in [-0.15, -0.1) is 0 Å². The molecule has 1 nitrogen and oxygen atoms in total. The highest BCUT2D eigenvalue weighted by atomic mass is 79.9. The van der Waals surface area contributed by atoms with Gasteiger partial charge < -0.3 is 5.11 Å². The first kappa shape index (κ1) is 9.18. The van der Waals surface area contributed by atoms with Crippen LogP contribution < -0.4 is 0 Å². The lowest BCUT2D eigenvalue weighted by atomic mass is 10.1. The predicted molar refractivity (Wildman–Crippen MR) is 43.9 cm³/mol. The fraction of sp³-hybridized carbons (Fsp3) is 0.714. The van der Waals surface area contributed by atoms with E-state index in [4.69, 9.17) is 5.11 Å². The Kier molecular flexibility index (Phi) is 6.43. The van der Waals surface area contributed by atoms with Crippen LogP contribution in [0.2, 0.25) is 0 Å². The van der Waals surface area contributed by atoms with Gasteiger partial charge in [0.05, 0.1) is 6.61 Å². The molecule has 9 heavy (non-hydrogen) atoms. The minimum atomic E-state index is 0.141. The number of rotatable bonds is 5. The highest BCUT2D eigenvalue weighted by Gasteiger charge is 1.90. The Labute approximate surface area is 64.9 Å². The summed E-state index contributed by atoms with van der Waals surface area (Å²) in [6.07, 6.45) is 3.26. The quantitative estimate of drug-likeness (QED) is 0.402. The number of halogens is 1. The molecule has 0 radical (unpaired) electrons. The minimum absolute atomic E-state index is 0.141. The van der Waals surface area contributed by atoms with E-state index in [0.29, 0.717) is 0 Å². The van der Waals surface area contributed by atoms with Gasteiger partial charge in [0.25, 0.3) is 0 Å².